The number of hydrogen-bond acceptors (Lipinski definition) is 6. The molecule has 6 nitrogen and oxygen atoms in total. The molecule has 0 unspecified atom stereocenters. The van der Waals surface area contributed by atoms with E-state index >= 15 is 0 Å². The Kier molecular flexibility index (Phi) is 5.89. The maximum absolute atomic E-state index is 12.0. The summed E-state index contributed by atoms with van der Waals surface area (Å²) in [6.07, 6.45) is 2.06. The van der Waals surface area contributed by atoms with Crippen molar-refractivity contribution in [2.24, 2.45) is 0 Å². The van der Waals surface area contributed by atoms with Crippen LogP contribution in [0.3, 0.4) is 0 Å². The van der Waals surface area contributed by atoms with Crippen molar-refractivity contribution in [3.63, 3.8) is 0 Å². The lowest BCUT2D eigenvalue weighted by Gasteiger charge is -2.15. The van der Waals surface area contributed by atoms with Gasteiger partial charge in [-0.05, 0) is 13.3 Å². The number of methoxy groups -OCH3 is 1. The summed E-state index contributed by atoms with van der Waals surface area (Å²) in [5.41, 5.74) is 0. The monoisotopic (exact) mass is 306 g/mol. The number of sulfonamides is 1. The summed E-state index contributed by atoms with van der Waals surface area (Å²) in [4.78, 5) is 15.9. The van der Waals surface area contributed by atoms with Crippen molar-refractivity contribution >= 4 is 27.3 Å². The topological polar surface area (TPSA) is 76.6 Å². The fraction of sp³-hybridized carbons (Fsp3) is 0.636. The molecule has 19 heavy (non-hydrogen) atoms. The van der Waals surface area contributed by atoms with Gasteiger partial charge in [-0.15, -0.1) is 11.3 Å². The van der Waals surface area contributed by atoms with Crippen LogP contribution in [0.25, 0.3) is 0 Å². The van der Waals surface area contributed by atoms with E-state index in [2.05, 4.69) is 9.72 Å². The molecule has 0 aliphatic carbocycles. The van der Waals surface area contributed by atoms with E-state index in [0.29, 0.717) is 6.54 Å². The van der Waals surface area contributed by atoms with E-state index in [1.165, 1.54) is 29.8 Å². The third-order valence-electron chi connectivity index (χ3n) is 2.53. The number of hydrogen-bond donors (Lipinski definition) is 0. The molecule has 0 saturated carbocycles. The van der Waals surface area contributed by atoms with E-state index in [4.69, 9.17) is 0 Å². The highest BCUT2D eigenvalue weighted by atomic mass is 32.2. The van der Waals surface area contributed by atoms with E-state index in [1.54, 1.807) is 6.20 Å². The van der Waals surface area contributed by atoms with Crippen molar-refractivity contribution in [3.8, 4) is 0 Å². The Bertz CT molecular complexity index is 525. The Morgan fingerprint density at radius 1 is 1.53 bits per heavy atom. The van der Waals surface area contributed by atoms with Gasteiger partial charge in [0, 0.05) is 31.1 Å². The Balaban J connectivity index is 2.49. The number of rotatable bonds is 7. The van der Waals surface area contributed by atoms with Crippen molar-refractivity contribution in [1.82, 2.24) is 9.29 Å². The Labute approximate surface area is 117 Å². The number of aryl methyl sites for hydroxylation is 1. The molecule has 1 heterocycles. The summed E-state index contributed by atoms with van der Waals surface area (Å²) in [6.45, 7) is 2.19. The Morgan fingerprint density at radius 2 is 2.21 bits per heavy atom. The van der Waals surface area contributed by atoms with Crippen LogP contribution in [0.2, 0.25) is 0 Å². The molecule has 0 aliphatic rings. The summed E-state index contributed by atoms with van der Waals surface area (Å²) in [5, 5.41) is 0.909. The summed E-state index contributed by atoms with van der Waals surface area (Å²) in [5.74, 6) is -0.452. The number of thiazole rings is 1. The second-order valence-corrected chi connectivity index (χ2v) is 7.61. The van der Waals surface area contributed by atoms with E-state index in [9.17, 15) is 13.2 Å². The van der Waals surface area contributed by atoms with Crippen LogP contribution in [-0.4, -0.2) is 43.6 Å². The molecule has 0 fully saturated rings. The molecule has 0 radical (unpaired) electrons. The lowest BCUT2D eigenvalue weighted by atomic mass is 10.3. The second kappa shape index (κ2) is 6.97. The van der Waals surface area contributed by atoms with Crippen LogP contribution in [-0.2, 0) is 26.1 Å². The highest BCUT2D eigenvalue weighted by Crippen LogP contribution is 2.15. The number of carbonyl (C=O) groups excluding carboxylic acids is 1. The van der Waals surface area contributed by atoms with Crippen molar-refractivity contribution in [2.75, 3.05) is 19.9 Å². The fourth-order valence-electron chi connectivity index (χ4n) is 1.45. The van der Waals surface area contributed by atoms with Crippen LogP contribution in [0.1, 0.15) is 22.7 Å². The van der Waals surface area contributed by atoms with Gasteiger partial charge in [0.2, 0.25) is 10.0 Å². The highest BCUT2D eigenvalue weighted by molar-refractivity contribution is 7.89. The molecule has 0 N–H and O–H groups in total. The van der Waals surface area contributed by atoms with Gasteiger partial charge in [0.15, 0.2) is 0 Å². The molecule has 8 heteroatoms. The molecule has 0 aliphatic heterocycles. The van der Waals surface area contributed by atoms with Crippen molar-refractivity contribution in [2.45, 2.75) is 26.3 Å². The molecule has 108 valence electrons. The third kappa shape index (κ3) is 5.25. The summed E-state index contributed by atoms with van der Waals surface area (Å²) < 4.78 is 29.7. The number of ether oxygens (including phenoxy) is 1. The average Bonchev–Trinajstić information content (AvgIpc) is 2.74. The largest absolute Gasteiger partial charge is 0.469 e. The van der Waals surface area contributed by atoms with Crippen LogP contribution in [0.15, 0.2) is 6.20 Å². The van der Waals surface area contributed by atoms with Crippen LogP contribution in [0.5, 0.6) is 0 Å². The minimum Gasteiger partial charge on any atom is -0.469 e. The van der Waals surface area contributed by atoms with Crippen LogP contribution >= 0.6 is 11.3 Å². The van der Waals surface area contributed by atoms with Gasteiger partial charge in [0.25, 0.3) is 0 Å². The first-order valence-electron chi connectivity index (χ1n) is 5.77. The molecule has 1 aromatic heterocycles. The smallest absolute Gasteiger partial charge is 0.305 e. The van der Waals surface area contributed by atoms with Crippen molar-refractivity contribution < 1.29 is 17.9 Å². The normalized spacial score (nSPS) is 11.8. The number of carbonyl (C=O) groups is 1. The van der Waals surface area contributed by atoms with Crippen LogP contribution < -0.4 is 0 Å². The highest BCUT2D eigenvalue weighted by Gasteiger charge is 2.19. The molecule has 0 spiro atoms. The number of esters is 1. The zero-order valence-electron chi connectivity index (χ0n) is 11.2. The Hall–Kier alpha value is -0.990. The van der Waals surface area contributed by atoms with Gasteiger partial charge in [-0.2, -0.15) is 4.31 Å². The van der Waals surface area contributed by atoms with Gasteiger partial charge in [-0.3, -0.25) is 4.79 Å². The quantitative estimate of drug-likeness (QED) is 0.707. The summed E-state index contributed by atoms with van der Waals surface area (Å²) >= 11 is 1.47. The predicted molar refractivity (Wildman–Crippen MR) is 73.4 cm³/mol. The van der Waals surface area contributed by atoms with E-state index in [0.717, 1.165) is 9.88 Å². The van der Waals surface area contributed by atoms with Gasteiger partial charge in [0.05, 0.1) is 17.9 Å². The minimum absolute atomic E-state index is 0.0591. The third-order valence-corrected chi connectivity index (χ3v) is 5.31. The molecule has 1 aromatic rings. The van der Waals surface area contributed by atoms with Gasteiger partial charge in [0.1, 0.15) is 0 Å². The molecule has 1 rings (SSSR count). The lowest BCUT2D eigenvalue weighted by molar-refractivity contribution is -0.140. The fourth-order valence-corrected chi connectivity index (χ4v) is 3.54. The predicted octanol–water partition coefficient (Wildman–Crippen LogP) is 1.17. The first kappa shape index (κ1) is 16.1. The lowest BCUT2D eigenvalue weighted by Crippen LogP contribution is -2.28. The van der Waals surface area contributed by atoms with Gasteiger partial charge in [-0.1, -0.05) is 0 Å². The minimum atomic E-state index is -3.35. The first-order chi connectivity index (χ1) is 8.85. The molecular weight excluding hydrogens is 288 g/mol. The van der Waals surface area contributed by atoms with E-state index in [-0.39, 0.29) is 18.6 Å². The molecule has 0 bridgehead atoms. The zero-order valence-corrected chi connectivity index (χ0v) is 12.9. The molecule has 0 aromatic carbocycles. The van der Waals surface area contributed by atoms with Crippen LogP contribution in [0.4, 0.5) is 0 Å². The SMILES string of the molecule is COC(=O)CCCS(=O)(=O)N(C)Cc1cnc(C)s1. The average molecular weight is 306 g/mol. The van der Waals surface area contributed by atoms with Crippen molar-refractivity contribution in [3.05, 3.63) is 16.1 Å². The summed E-state index contributed by atoms with van der Waals surface area (Å²) in [6, 6.07) is 0. The van der Waals surface area contributed by atoms with Crippen molar-refractivity contribution in [1.29, 1.82) is 0 Å². The number of nitrogens with zero attached hydrogens (tertiary/aromatic N) is 2. The Morgan fingerprint density at radius 3 is 2.74 bits per heavy atom. The zero-order chi connectivity index (χ0) is 14.5. The molecule has 0 atom stereocenters. The summed E-state index contributed by atoms with van der Waals surface area (Å²) in [7, 11) is -0.532. The molecule has 0 amide bonds. The maximum Gasteiger partial charge on any atom is 0.305 e. The van der Waals surface area contributed by atoms with Gasteiger partial charge < -0.3 is 4.74 Å². The van der Waals surface area contributed by atoms with Gasteiger partial charge >= 0.3 is 5.97 Å². The molecule has 0 saturated heterocycles. The van der Waals surface area contributed by atoms with E-state index < -0.39 is 16.0 Å². The second-order valence-electron chi connectivity index (χ2n) is 4.10. The van der Waals surface area contributed by atoms with Gasteiger partial charge in [-0.25, -0.2) is 13.4 Å². The first-order valence-corrected chi connectivity index (χ1v) is 8.20. The standard InChI is InChI=1S/C11H18N2O4S2/c1-9-12-7-10(18-9)8-13(2)19(15,16)6-4-5-11(14)17-3/h7H,4-6,8H2,1-3H3. The number of aromatic nitrogens is 1. The van der Waals surface area contributed by atoms with Crippen LogP contribution in [0, 0.1) is 6.92 Å². The molecular formula is C11H18N2O4S2. The maximum atomic E-state index is 12.0. The van der Waals surface area contributed by atoms with E-state index in [1.807, 2.05) is 6.92 Å².